The van der Waals surface area contributed by atoms with Gasteiger partial charge in [0.25, 0.3) is 0 Å². The zero-order valence-electron chi connectivity index (χ0n) is 11.0. The molecule has 0 spiro atoms. The fourth-order valence-corrected chi connectivity index (χ4v) is 2.63. The molecule has 1 saturated heterocycles. The number of methoxy groups -OCH3 is 1. The Hall–Kier alpha value is -0.0800. The van der Waals surface area contributed by atoms with Gasteiger partial charge in [-0.05, 0) is 12.8 Å². The molecule has 1 aliphatic carbocycles. The second kappa shape index (κ2) is 8.16. The average molecular weight is 369 g/mol. The first-order valence-electron chi connectivity index (χ1n) is 6.46. The molecule has 1 saturated carbocycles. The van der Waals surface area contributed by atoms with Crippen molar-refractivity contribution >= 4 is 29.9 Å². The second-order valence-electron chi connectivity index (χ2n) is 4.76. The van der Waals surface area contributed by atoms with Gasteiger partial charge in [-0.15, -0.1) is 24.0 Å². The van der Waals surface area contributed by atoms with E-state index in [1.54, 1.807) is 7.11 Å². The first-order valence-corrected chi connectivity index (χ1v) is 6.46. The molecule has 0 aromatic rings. The van der Waals surface area contributed by atoms with Gasteiger partial charge in [0, 0.05) is 32.7 Å². The topological polar surface area (TPSA) is 60.1 Å². The fraction of sp³-hybridized carbons (Fsp3) is 0.917. The van der Waals surface area contributed by atoms with Gasteiger partial charge in [-0.2, -0.15) is 0 Å². The van der Waals surface area contributed by atoms with E-state index in [-0.39, 0.29) is 24.0 Å². The molecule has 106 valence electrons. The lowest BCUT2D eigenvalue weighted by molar-refractivity contribution is 0.0662. The summed E-state index contributed by atoms with van der Waals surface area (Å²) in [5, 5.41) is 0. The highest BCUT2D eigenvalue weighted by atomic mass is 127. The molecule has 2 unspecified atom stereocenters. The Labute approximate surface area is 126 Å². The summed E-state index contributed by atoms with van der Waals surface area (Å²) >= 11 is 0. The van der Waals surface area contributed by atoms with Crippen LogP contribution in [0.3, 0.4) is 0 Å². The first-order chi connectivity index (χ1) is 8.31. The molecule has 2 atom stereocenters. The Balaban J connectivity index is 0.00000162. The van der Waals surface area contributed by atoms with Crippen molar-refractivity contribution < 1.29 is 9.47 Å². The molecule has 18 heavy (non-hydrogen) atoms. The highest BCUT2D eigenvalue weighted by molar-refractivity contribution is 14.0. The van der Waals surface area contributed by atoms with E-state index in [2.05, 4.69) is 9.89 Å². The maximum absolute atomic E-state index is 5.99. The van der Waals surface area contributed by atoms with Gasteiger partial charge in [-0.1, -0.05) is 6.42 Å². The molecule has 5 nitrogen and oxygen atoms in total. The Morgan fingerprint density at radius 3 is 2.78 bits per heavy atom. The predicted octanol–water partition coefficient (Wildman–Crippen LogP) is 1.07. The minimum Gasteiger partial charge on any atom is -0.381 e. The molecule has 2 N–H and O–H groups in total. The lowest BCUT2D eigenvalue weighted by Crippen LogP contribution is -2.45. The summed E-state index contributed by atoms with van der Waals surface area (Å²) in [4.78, 5) is 6.61. The number of nitrogens with two attached hydrogens (primary N) is 1. The summed E-state index contributed by atoms with van der Waals surface area (Å²) in [6.45, 7) is 4.00. The molecule has 1 aliphatic heterocycles. The molecule has 1 heterocycles. The summed E-state index contributed by atoms with van der Waals surface area (Å²) in [6, 6.07) is 0. The molecular weight excluding hydrogens is 345 g/mol. The standard InChI is InChI=1S/C12H23N3O2.HI/c1-16-11-4-2-3-10(11)9-14-12(13)15-5-7-17-8-6-15;/h10-11H,2-9H2,1H3,(H2,13,14);1H. The number of rotatable bonds is 3. The molecule has 0 bridgehead atoms. The van der Waals surface area contributed by atoms with E-state index in [1.807, 2.05) is 0 Å². The number of guanidine groups is 1. The van der Waals surface area contributed by atoms with Gasteiger partial charge in [0.1, 0.15) is 0 Å². The summed E-state index contributed by atoms with van der Waals surface area (Å²) in [5.74, 6) is 1.20. The van der Waals surface area contributed by atoms with Crippen LogP contribution in [0.25, 0.3) is 0 Å². The van der Waals surface area contributed by atoms with Crippen molar-refractivity contribution in [3.63, 3.8) is 0 Å². The van der Waals surface area contributed by atoms with E-state index in [1.165, 1.54) is 12.8 Å². The number of hydrogen-bond acceptors (Lipinski definition) is 3. The molecule has 2 aliphatic rings. The summed E-state index contributed by atoms with van der Waals surface area (Å²) in [7, 11) is 1.79. The Bertz CT molecular complexity index is 270. The van der Waals surface area contributed by atoms with Gasteiger partial charge in [0.15, 0.2) is 5.96 Å². The van der Waals surface area contributed by atoms with E-state index in [0.717, 1.165) is 39.3 Å². The molecular formula is C12H24IN3O2. The van der Waals surface area contributed by atoms with Crippen LogP contribution in [-0.4, -0.2) is 56.9 Å². The van der Waals surface area contributed by atoms with Crippen LogP contribution in [0, 0.1) is 5.92 Å². The average Bonchev–Trinajstić information content (AvgIpc) is 2.84. The number of hydrogen-bond donors (Lipinski definition) is 1. The van der Waals surface area contributed by atoms with Crippen LogP contribution < -0.4 is 5.73 Å². The summed E-state index contributed by atoms with van der Waals surface area (Å²) in [6.07, 6.45) is 3.99. The van der Waals surface area contributed by atoms with E-state index in [4.69, 9.17) is 15.2 Å². The third-order valence-electron chi connectivity index (χ3n) is 3.71. The van der Waals surface area contributed by atoms with Crippen molar-refractivity contribution in [1.82, 2.24) is 4.90 Å². The number of morpholine rings is 1. The molecule has 0 radical (unpaired) electrons. The Morgan fingerprint density at radius 2 is 2.11 bits per heavy atom. The zero-order valence-corrected chi connectivity index (χ0v) is 13.3. The first kappa shape index (κ1) is 16.0. The van der Waals surface area contributed by atoms with Crippen LogP contribution in [0.15, 0.2) is 4.99 Å². The summed E-state index contributed by atoms with van der Waals surface area (Å²) < 4.78 is 10.7. The third-order valence-corrected chi connectivity index (χ3v) is 3.71. The van der Waals surface area contributed by atoms with E-state index < -0.39 is 0 Å². The molecule has 6 heteroatoms. The van der Waals surface area contributed by atoms with Crippen molar-refractivity contribution in [2.24, 2.45) is 16.6 Å². The SMILES string of the molecule is COC1CCCC1CN=C(N)N1CCOCC1.I. The molecule has 2 fully saturated rings. The van der Waals surface area contributed by atoms with Gasteiger partial charge < -0.3 is 20.1 Å². The van der Waals surface area contributed by atoms with Crippen LogP contribution in [-0.2, 0) is 9.47 Å². The van der Waals surface area contributed by atoms with E-state index in [0.29, 0.717) is 18.0 Å². The lowest BCUT2D eigenvalue weighted by Gasteiger charge is -2.28. The molecule has 2 rings (SSSR count). The second-order valence-corrected chi connectivity index (χ2v) is 4.76. The van der Waals surface area contributed by atoms with Crippen molar-refractivity contribution in [2.45, 2.75) is 25.4 Å². The van der Waals surface area contributed by atoms with E-state index in [9.17, 15) is 0 Å². The van der Waals surface area contributed by atoms with Crippen LogP contribution in [0.1, 0.15) is 19.3 Å². The highest BCUT2D eigenvalue weighted by Gasteiger charge is 2.26. The Morgan fingerprint density at radius 1 is 1.39 bits per heavy atom. The van der Waals surface area contributed by atoms with Crippen LogP contribution >= 0.6 is 24.0 Å². The number of nitrogens with zero attached hydrogens (tertiary/aromatic N) is 2. The largest absolute Gasteiger partial charge is 0.381 e. The number of halogens is 1. The molecule has 0 aromatic carbocycles. The minimum atomic E-state index is 0. The number of aliphatic imine (C=N–C) groups is 1. The highest BCUT2D eigenvalue weighted by Crippen LogP contribution is 2.27. The van der Waals surface area contributed by atoms with Gasteiger partial charge in [0.2, 0.25) is 0 Å². The monoisotopic (exact) mass is 369 g/mol. The third kappa shape index (κ3) is 4.24. The van der Waals surface area contributed by atoms with Crippen molar-refractivity contribution in [2.75, 3.05) is 40.0 Å². The van der Waals surface area contributed by atoms with Crippen LogP contribution in [0.2, 0.25) is 0 Å². The van der Waals surface area contributed by atoms with Crippen LogP contribution in [0.5, 0.6) is 0 Å². The summed E-state index contributed by atoms with van der Waals surface area (Å²) in [5.41, 5.74) is 5.99. The molecule has 0 aromatic heterocycles. The minimum absolute atomic E-state index is 0. The van der Waals surface area contributed by atoms with Gasteiger partial charge in [-0.25, -0.2) is 0 Å². The van der Waals surface area contributed by atoms with Gasteiger partial charge in [0.05, 0.1) is 19.3 Å². The zero-order chi connectivity index (χ0) is 12.1. The van der Waals surface area contributed by atoms with Gasteiger partial charge >= 0.3 is 0 Å². The predicted molar refractivity (Wildman–Crippen MR) is 82.4 cm³/mol. The normalized spacial score (nSPS) is 29.2. The van der Waals surface area contributed by atoms with Crippen LogP contribution in [0.4, 0.5) is 0 Å². The van der Waals surface area contributed by atoms with E-state index >= 15 is 0 Å². The maximum atomic E-state index is 5.99. The van der Waals surface area contributed by atoms with Crippen molar-refractivity contribution in [1.29, 1.82) is 0 Å². The molecule has 0 amide bonds. The maximum Gasteiger partial charge on any atom is 0.191 e. The van der Waals surface area contributed by atoms with Crippen molar-refractivity contribution in [3.05, 3.63) is 0 Å². The quantitative estimate of drug-likeness (QED) is 0.459. The lowest BCUT2D eigenvalue weighted by atomic mass is 10.1. The smallest absolute Gasteiger partial charge is 0.191 e. The Kier molecular flexibility index (Phi) is 7.25. The number of ether oxygens (including phenoxy) is 2. The van der Waals surface area contributed by atoms with Gasteiger partial charge in [-0.3, -0.25) is 4.99 Å². The van der Waals surface area contributed by atoms with Crippen molar-refractivity contribution in [3.8, 4) is 0 Å². The fourth-order valence-electron chi connectivity index (χ4n) is 2.63.